The lowest BCUT2D eigenvalue weighted by molar-refractivity contribution is -0.139. The molecule has 0 bridgehead atoms. The Morgan fingerprint density at radius 1 is 1.29 bits per heavy atom. The van der Waals surface area contributed by atoms with Crippen LogP contribution in [0.25, 0.3) is 0 Å². The normalized spacial score (nSPS) is 21.4. The molecule has 2 aliphatic rings. The molecule has 3 rings (SSSR count). The van der Waals surface area contributed by atoms with Crippen molar-refractivity contribution < 1.29 is 14.7 Å². The largest absolute Gasteiger partial charge is 0.481 e. The van der Waals surface area contributed by atoms with Crippen LogP contribution in [0.2, 0.25) is 0 Å². The van der Waals surface area contributed by atoms with Gasteiger partial charge in [0.1, 0.15) is 0 Å². The first-order valence-electron chi connectivity index (χ1n) is 7.44. The van der Waals surface area contributed by atoms with Crippen molar-refractivity contribution in [3.05, 3.63) is 35.4 Å². The molecule has 1 atom stereocenters. The predicted octanol–water partition coefficient (Wildman–Crippen LogP) is 2.02. The van der Waals surface area contributed by atoms with Crippen molar-refractivity contribution in [3.63, 3.8) is 0 Å². The second-order valence-electron chi connectivity index (χ2n) is 6.14. The van der Waals surface area contributed by atoms with Crippen LogP contribution >= 0.6 is 0 Å². The van der Waals surface area contributed by atoms with Crippen LogP contribution in [0.15, 0.2) is 24.3 Å². The second kappa shape index (κ2) is 5.39. The molecule has 1 fully saturated rings. The first-order chi connectivity index (χ1) is 10.1. The summed E-state index contributed by atoms with van der Waals surface area (Å²) in [5, 5.41) is 14.7. The number of hydrogen-bond acceptors (Lipinski definition) is 2. The monoisotopic (exact) mass is 288 g/mol. The highest BCUT2D eigenvalue weighted by molar-refractivity contribution is 5.77. The van der Waals surface area contributed by atoms with Crippen molar-refractivity contribution in [2.24, 2.45) is 0 Å². The Hall–Kier alpha value is -2.04. The van der Waals surface area contributed by atoms with Gasteiger partial charge in [-0.15, -0.1) is 0 Å². The van der Waals surface area contributed by atoms with Gasteiger partial charge in [0.2, 0.25) is 0 Å². The third-order valence-electron chi connectivity index (χ3n) is 4.65. The van der Waals surface area contributed by atoms with E-state index in [-0.39, 0.29) is 12.5 Å². The Bertz CT molecular complexity index is 566. The Kier molecular flexibility index (Phi) is 3.57. The van der Waals surface area contributed by atoms with Crippen molar-refractivity contribution in [2.45, 2.75) is 43.6 Å². The summed E-state index contributed by atoms with van der Waals surface area (Å²) >= 11 is 0. The van der Waals surface area contributed by atoms with E-state index in [4.69, 9.17) is 5.11 Å². The Morgan fingerprint density at radius 2 is 2.05 bits per heavy atom. The van der Waals surface area contributed by atoms with Crippen LogP contribution in [0, 0.1) is 0 Å². The molecule has 112 valence electrons. The Morgan fingerprint density at radius 3 is 2.67 bits per heavy atom. The summed E-state index contributed by atoms with van der Waals surface area (Å²) in [6.07, 6.45) is 3.48. The van der Waals surface area contributed by atoms with E-state index in [0.29, 0.717) is 12.5 Å². The molecule has 1 aromatic carbocycles. The molecule has 21 heavy (non-hydrogen) atoms. The van der Waals surface area contributed by atoms with Gasteiger partial charge >= 0.3 is 12.0 Å². The highest BCUT2D eigenvalue weighted by Gasteiger charge is 2.40. The first-order valence-corrected chi connectivity index (χ1v) is 7.44. The summed E-state index contributed by atoms with van der Waals surface area (Å²) in [6, 6.07) is 8.01. The minimum Gasteiger partial charge on any atom is -0.481 e. The molecule has 0 radical (unpaired) electrons. The molecule has 0 heterocycles. The number of fused-ring (bicyclic) bond motifs is 1. The molecule has 5 nitrogen and oxygen atoms in total. The van der Waals surface area contributed by atoms with Crippen LogP contribution in [-0.4, -0.2) is 29.2 Å². The van der Waals surface area contributed by atoms with Crippen molar-refractivity contribution in [3.8, 4) is 0 Å². The minimum absolute atomic E-state index is 0.00663. The maximum absolute atomic E-state index is 12.0. The third kappa shape index (κ3) is 2.86. The zero-order valence-corrected chi connectivity index (χ0v) is 11.9. The number of amides is 2. The van der Waals surface area contributed by atoms with Crippen LogP contribution in [0.5, 0.6) is 0 Å². The molecule has 3 N–H and O–H groups in total. The van der Waals surface area contributed by atoms with Crippen molar-refractivity contribution in [2.75, 3.05) is 6.54 Å². The molecule has 5 heteroatoms. The molecule has 1 saturated carbocycles. The van der Waals surface area contributed by atoms with Crippen molar-refractivity contribution in [1.29, 1.82) is 0 Å². The molecule has 1 aromatic rings. The number of rotatable bonds is 5. The smallest absolute Gasteiger partial charge is 0.315 e. The van der Waals surface area contributed by atoms with Crippen LogP contribution in [-0.2, 0) is 11.2 Å². The summed E-state index contributed by atoms with van der Waals surface area (Å²) in [6.45, 7) is 0.603. The van der Waals surface area contributed by atoms with E-state index in [2.05, 4.69) is 22.8 Å². The summed E-state index contributed by atoms with van der Waals surface area (Å²) in [4.78, 5) is 22.9. The number of carboxylic acids is 1. The molecular formula is C16H20N2O3. The SMILES string of the molecule is O=C(O)CC1(NC(=O)NCC2Cc3ccccc32)CCC1. The lowest BCUT2D eigenvalue weighted by Gasteiger charge is -2.41. The number of carboxylic acid groups (broad SMARTS) is 1. The molecule has 2 amide bonds. The number of aliphatic carboxylic acids is 1. The fourth-order valence-electron chi connectivity index (χ4n) is 3.28. The van der Waals surface area contributed by atoms with E-state index >= 15 is 0 Å². The number of nitrogens with one attached hydrogen (secondary N) is 2. The number of urea groups is 1. The van der Waals surface area contributed by atoms with Gasteiger partial charge in [0.25, 0.3) is 0 Å². The average molecular weight is 288 g/mol. The fraction of sp³-hybridized carbons (Fsp3) is 0.500. The van der Waals surface area contributed by atoms with Crippen molar-refractivity contribution >= 4 is 12.0 Å². The van der Waals surface area contributed by atoms with Gasteiger partial charge in [-0.25, -0.2) is 4.79 Å². The zero-order chi connectivity index (χ0) is 14.9. The standard InChI is InChI=1S/C16H20N2O3/c19-14(20)9-16(6-3-7-16)18-15(21)17-10-12-8-11-4-1-2-5-13(11)12/h1-2,4-5,12H,3,6-10H2,(H,19,20)(H2,17,18,21). The quantitative estimate of drug-likeness (QED) is 0.775. The van der Waals surface area contributed by atoms with E-state index in [0.717, 1.165) is 25.7 Å². The van der Waals surface area contributed by atoms with Gasteiger partial charge < -0.3 is 15.7 Å². The minimum atomic E-state index is -0.858. The zero-order valence-electron chi connectivity index (χ0n) is 11.9. The van der Waals surface area contributed by atoms with Gasteiger partial charge in [-0.1, -0.05) is 24.3 Å². The first kappa shape index (κ1) is 13.9. The number of carbonyl (C=O) groups excluding carboxylic acids is 1. The van der Waals surface area contributed by atoms with Gasteiger partial charge in [-0.3, -0.25) is 4.79 Å². The van der Waals surface area contributed by atoms with Crippen molar-refractivity contribution in [1.82, 2.24) is 10.6 Å². The number of hydrogen-bond donors (Lipinski definition) is 3. The molecule has 2 aliphatic carbocycles. The van der Waals surface area contributed by atoms with Gasteiger partial charge in [0.05, 0.1) is 12.0 Å². The summed E-state index contributed by atoms with van der Waals surface area (Å²) in [7, 11) is 0. The third-order valence-corrected chi connectivity index (χ3v) is 4.65. The molecule has 0 spiro atoms. The van der Waals surface area contributed by atoms with E-state index < -0.39 is 11.5 Å². The maximum Gasteiger partial charge on any atom is 0.315 e. The Labute approximate surface area is 123 Å². The fourth-order valence-corrected chi connectivity index (χ4v) is 3.28. The molecule has 0 saturated heterocycles. The van der Waals surface area contributed by atoms with Crippen LogP contribution in [0.3, 0.4) is 0 Å². The molecule has 0 aromatic heterocycles. The van der Waals surface area contributed by atoms with Gasteiger partial charge in [0, 0.05) is 12.5 Å². The van der Waals surface area contributed by atoms with Crippen LogP contribution in [0.1, 0.15) is 42.7 Å². The Balaban J connectivity index is 1.48. The molecule has 1 unspecified atom stereocenters. The number of benzene rings is 1. The van der Waals surface area contributed by atoms with E-state index in [1.165, 1.54) is 11.1 Å². The molecular weight excluding hydrogens is 268 g/mol. The predicted molar refractivity (Wildman–Crippen MR) is 78.3 cm³/mol. The highest BCUT2D eigenvalue weighted by atomic mass is 16.4. The van der Waals surface area contributed by atoms with E-state index in [1.807, 2.05) is 12.1 Å². The maximum atomic E-state index is 12.0. The van der Waals surface area contributed by atoms with Gasteiger partial charge in [-0.05, 0) is 36.8 Å². The summed E-state index contributed by atoms with van der Waals surface area (Å²) < 4.78 is 0. The topological polar surface area (TPSA) is 78.4 Å². The van der Waals surface area contributed by atoms with E-state index in [1.54, 1.807) is 0 Å². The summed E-state index contributed by atoms with van der Waals surface area (Å²) in [5.41, 5.74) is 2.13. The van der Waals surface area contributed by atoms with Crippen LogP contribution in [0.4, 0.5) is 4.79 Å². The average Bonchev–Trinajstić information content (AvgIpc) is 2.36. The lowest BCUT2D eigenvalue weighted by Crippen LogP contribution is -2.57. The van der Waals surface area contributed by atoms with Gasteiger partial charge in [-0.2, -0.15) is 0 Å². The summed E-state index contributed by atoms with van der Waals surface area (Å²) in [5.74, 6) is -0.480. The number of carbonyl (C=O) groups is 2. The highest BCUT2D eigenvalue weighted by Crippen LogP contribution is 2.35. The lowest BCUT2D eigenvalue weighted by atomic mass is 9.74. The van der Waals surface area contributed by atoms with Gasteiger partial charge in [0.15, 0.2) is 0 Å². The molecule has 0 aliphatic heterocycles. The van der Waals surface area contributed by atoms with Crippen LogP contribution < -0.4 is 10.6 Å². The second-order valence-corrected chi connectivity index (χ2v) is 6.14. The van der Waals surface area contributed by atoms with E-state index in [9.17, 15) is 9.59 Å².